The van der Waals surface area contributed by atoms with Gasteiger partial charge in [0.1, 0.15) is 0 Å². The van der Waals surface area contributed by atoms with Crippen LogP contribution in [0.4, 0.5) is 0 Å². The first-order valence-corrected chi connectivity index (χ1v) is 7.57. The predicted octanol–water partition coefficient (Wildman–Crippen LogP) is 2.00. The molecule has 5 nitrogen and oxygen atoms in total. The topological polar surface area (TPSA) is 65.5 Å². The fraction of sp³-hybridized carbons (Fsp3) is 0.500. The lowest BCUT2D eigenvalue weighted by Gasteiger charge is -2.11. The highest BCUT2D eigenvalue weighted by Gasteiger charge is 2.20. The number of carbonyl (C=O) groups excluding carboxylic acids is 1. The molecule has 2 rings (SSSR count). The summed E-state index contributed by atoms with van der Waals surface area (Å²) >= 11 is 0. The first-order chi connectivity index (χ1) is 10.3. The van der Waals surface area contributed by atoms with E-state index in [-0.39, 0.29) is 29.9 Å². The molecule has 6 heteroatoms. The Morgan fingerprint density at radius 3 is 2.45 bits per heavy atom. The van der Waals surface area contributed by atoms with Crippen LogP contribution >= 0.6 is 24.0 Å². The van der Waals surface area contributed by atoms with Crippen molar-refractivity contribution in [1.29, 1.82) is 0 Å². The van der Waals surface area contributed by atoms with Crippen molar-refractivity contribution < 1.29 is 4.79 Å². The standard InChI is InChI=1S/C16H24N4O.HI/c1-17-16(20-12-13-8-9-13)19-11-5-10-18-15(21)14-6-3-2-4-7-14;/h2-4,6-7,13H,5,8-12H2,1H3,(H,18,21)(H2,17,19,20);1H. The van der Waals surface area contributed by atoms with Crippen LogP contribution in [0.1, 0.15) is 29.6 Å². The van der Waals surface area contributed by atoms with Crippen molar-refractivity contribution >= 4 is 35.8 Å². The monoisotopic (exact) mass is 416 g/mol. The molecule has 0 unspecified atom stereocenters. The van der Waals surface area contributed by atoms with E-state index in [1.54, 1.807) is 7.05 Å². The third-order valence-corrected chi connectivity index (χ3v) is 3.45. The maximum absolute atomic E-state index is 11.8. The van der Waals surface area contributed by atoms with Gasteiger partial charge in [0.25, 0.3) is 5.91 Å². The van der Waals surface area contributed by atoms with E-state index < -0.39 is 0 Å². The zero-order chi connectivity index (χ0) is 14.9. The number of rotatable bonds is 7. The molecule has 0 spiro atoms. The van der Waals surface area contributed by atoms with E-state index in [2.05, 4.69) is 20.9 Å². The number of hydrogen-bond donors (Lipinski definition) is 3. The molecule has 1 aliphatic rings. The van der Waals surface area contributed by atoms with Crippen molar-refractivity contribution in [3.63, 3.8) is 0 Å². The largest absolute Gasteiger partial charge is 0.356 e. The summed E-state index contributed by atoms with van der Waals surface area (Å²) in [5.41, 5.74) is 0.701. The van der Waals surface area contributed by atoms with Crippen LogP contribution in [0.25, 0.3) is 0 Å². The number of hydrogen-bond acceptors (Lipinski definition) is 2. The summed E-state index contributed by atoms with van der Waals surface area (Å²) in [6.45, 7) is 2.45. The summed E-state index contributed by atoms with van der Waals surface area (Å²) in [4.78, 5) is 16.0. The molecule has 1 aromatic carbocycles. The van der Waals surface area contributed by atoms with Crippen LogP contribution < -0.4 is 16.0 Å². The summed E-state index contributed by atoms with van der Waals surface area (Å²) in [6, 6.07) is 9.27. The molecule has 1 aliphatic carbocycles. The van der Waals surface area contributed by atoms with Gasteiger partial charge in [-0.3, -0.25) is 9.79 Å². The lowest BCUT2D eigenvalue weighted by atomic mass is 10.2. The van der Waals surface area contributed by atoms with Crippen LogP contribution in [0, 0.1) is 5.92 Å². The third-order valence-electron chi connectivity index (χ3n) is 3.45. The number of benzene rings is 1. The highest BCUT2D eigenvalue weighted by atomic mass is 127. The van der Waals surface area contributed by atoms with Gasteiger partial charge in [-0.05, 0) is 37.3 Å². The van der Waals surface area contributed by atoms with Gasteiger partial charge >= 0.3 is 0 Å². The minimum absolute atomic E-state index is 0. The van der Waals surface area contributed by atoms with Crippen molar-refractivity contribution in [2.75, 3.05) is 26.7 Å². The van der Waals surface area contributed by atoms with Gasteiger partial charge in [-0.2, -0.15) is 0 Å². The number of guanidine groups is 1. The second kappa shape index (κ2) is 10.4. The van der Waals surface area contributed by atoms with Gasteiger partial charge < -0.3 is 16.0 Å². The molecule has 0 radical (unpaired) electrons. The summed E-state index contributed by atoms with van der Waals surface area (Å²) in [7, 11) is 1.78. The van der Waals surface area contributed by atoms with Crippen molar-refractivity contribution in [3.8, 4) is 0 Å². The lowest BCUT2D eigenvalue weighted by molar-refractivity contribution is 0.0953. The van der Waals surface area contributed by atoms with Gasteiger partial charge in [-0.15, -0.1) is 24.0 Å². The second-order valence-electron chi connectivity index (χ2n) is 5.30. The molecule has 0 aliphatic heterocycles. The average Bonchev–Trinajstić information content (AvgIpc) is 3.35. The van der Waals surface area contributed by atoms with Crippen LogP contribution in [-0.2, 0) is 0 Å². The van der Waals surface area contributed by atoms with E-state index >= 15 is 0 Å². The highest BCUT2D eigenvalue weighted by Crippen LogP contribution is 2.27. The van der Waals surface area contributed by atoms with Crippen molar-refractivity contribution in [1.82, 2.24) is 16.0 Å². The van der Waals surface area contributed by atoms with Gasteiger partial charge in [-0.1, -0.05) is 18.2 Å². The molecular weight excluding hydrogens is 391 g/mol. The Hall–Kier alpha value is -1.31. The van der Waals surface area contributed by atoms with Crippen LogP contribution in [0.2, 0.25) is 0 Å². The number of nitrogens with zero attached hydrogens (tertiary/aromatic N) is 1. The number of halogens is 1. The van der Waals surface area contributed by atoms with E-state index in [1.165, 1.54) is 12.8 Å². The lowest BCUT2D eigenvalue weighted by Crippen LogP contribution is -2.39. The smallest absolute Gasteiger partial charge is 0.251 e. The molecule has 0 heterocycles. The van der Waals surface area contributed by atoms with Gasteiger partial charge in [0.2, 0.25) is 0 Å². The molecule has 22 heavy (non-hydrogen) atoms. The molecule has 1 fully saturated rings. The van der Waals surface area contributed by atoms with Gasteiger partial charge in [-0.25, -0.2) is 0 Å². The van der Waals surface area contributed by atoms with Crippen LogP contribution in [-0.4, -0.2) is 38.5 Å². The van der Waals surface area contributed by atoms with E-state index in [9.17, 15) is 4.79 Å². The number of nitrogens with one attached hydrogen (secondary N) is 3. The number of carbonyl (C=O) groups is 1. The summed E-state index contributed by atoms with van der Waals surface area (Å²) in [5.74, 6) is 1.65. The summed E-state index contributed by atoms with van der Waals surface area (Å²) < 4.78 is 0. The number of amides is 1. The summed E-state index contributed by atoms with van der Waals surface area (Å²) in [6.07, 6.45) is 3.52. The van der Waals surface area contributed by atoms with Crippen molar-refractivity contribution in [2.45, 2.75) is 19.3 Å². The summed E-state index contributed by atoms with van der Waals surface area (Å²) in [5, 5.41) is 9.47. The Kier molecular flexibility index (Phi) is 8.88. The maximum Gasteiger partial charge on any atom is 0.251 e. The molecule has 122 valence electrons. The Morgan fingerprint density at radius 2 is 1.82 bits per heavy atom. The third kappa shape index (κ3) is 7.11. The Bertz CT molecular complexity index is 474. The first-order valence-electron chi connectivity index (χ1n) is 7.57. The molecule has 0 saturated heterocycles. The Morgan fingerprint density at radius 1 is 1.14 bits per heavy atom. The van der Waals surface area contributed by atoms with Crippen molar-refractivity contribution in [2.24, 2.45) is 10.9 Å². The molecule has 0 bridgehead atoms. The van der Waals surface area contributed by atoms with E-state index in [4.69, 9.17) is 0 Å². The van der Waals surface area contributed by atoms with E-state index in [1.807, 2.05) is 30.3 Å². The molecule has 3 N–H and O–H groups in total. The van der Waals surface area contributed by atoms with Gasteiger partial charge in [0, 0.05) is 32.2 Å². The first kappa shape index (κ1) is 18.7. The van der Waals surface area contributed by atoms with Crippen LogP contribution in [0.3, 0.4) is 0 Å². The molecule has 1 aromatic rings. The van der Waals surface area contributed by atoms with E-state index in [0.29, 0.717) is 12.1 Å². The predicted molar refractivity (Wildman–Crippen MR) is 101 cm³/mol. The molecule has 1 saturated carbocycles. The van der Waals surface area contributed by atoms with Crippen molar-refractivity contribution in [3.05, 3.63) is 35.9 Å². The zero-order valence-corrected chi connectivity index (χ0v) is 15.3. The SMILES string of the molecule is CN=C(NCCCNC(=O)c1ccccc1)NCC1CC1.I. The minimum atomic E-state index is -0.0214. The Labute approximate surface area is 149 Å². The normalized spacial score (nSPS) is 14.0. The maximum atomic E-state index is 11.8. The van der Waals surface area contributed by atoms with Gasteiger partial charge in [0.05, 0.1) is 0 Å². The number of aliphatic imine (C=N–C) groups is 1. The fourth-order valence-corrected chi connectivity index (χ4v) is 1.97. The highest BCUT2D eigenvalue weighted by molar-refractivity contribution is 14.0. The molecule has 0 atom stereocenters. The quantitative estimate of drug-likeness (QED) is 0.276. The van der Waals surface area contributed by atoms with E-state index in [0.717, 1.165) is 31.4 Å². The Balaban J connectivity index is 0.00000242. The van der Waals surface area contributed by atoms with Crippen LogP contribution in [0.5, 0.6) is 0 Å². The molecule has 0 aromatic heterocycles. The second-order valence-corrected chi connectivity index (χ2v) is 5.30. The minimum Gasteiger partial charge on any atom is -0.356 e. The van der Waals surface area contributed by atoms with Gasteiger partial charge in [0.15, 0.2) is 5.96 Å². The van der Waals surface area contributed by atoms with Crippen LogP contribution in [0.15, 0.2) is 35.3 Å². The molecule has 1 amide bonds. The zero-order valence-electron chi connectivity index (χ0n) is 13.0. The average molecular weight is 416 g/mol. The molecular formula is C16H25IN4O. The fourth-order valence-electron chi connectivity index (χ4n) is 1.97.